The third kappa shape index (κ3) is 2.87. The first-order valence-corrected chi connectivity index (χ1v) is 6.58. The van der Waals surface area contributed by atoms with Gasteiger partial charge >= 0.3 is 0 Å². The number of benzene rings is 1. The van der Waals surface area contributed by atoms with E-state index in [0.717, 1.165) is 11.3 Å². The van der Waals surface area contributed by atoms with E-state index in [9.17, 15) is 4.39 Å². The molecule has 0 saturated heterocycles. The summed E-state index contributed by atoms with van der Waals surface area (Å²) in [7, 11) is 3.97. The number of nitrogens with one attached hydrogen (secondary N) is 1. The molecule has 0 spiro atoms. The Balaban J connectivity index is 2.41. The summed E-state index contributed by atoms with van der Waals surface area (Å²) >= 11 is 0. The van der Waals surface area contributed by atoms with Crippen molar-refractivity contribution in [3.8, 4) is 11.4 Å². The number of hydrogen-bond acceptors (Lipinski definition) is 4. The Bertz CT molecular complexity index is 594. The van der Waals surface area contributed by atoms with E-state index < -0.39 is 0 Å². The molecular weight excluding hydrogens is 255 g/mol. The zero-order valence-corrected chi connectivity index (χ0v) is 12.2. The molecule has 0 radical (unpaired) electrons. The van der Waals surface area contributed by atoms with E-state index in [2.05, 4.69) is 15.3 Å². The molecule has 0 atom stereocenters. The number of halogens is 1. The van der Waals surface area contributed by atoms with E-state index in [1.165, 1.54) is 0 Å². The van der Waals surface area contributed by atoms with Gasteiger partial charge in [0.15, 0.2) is 17.5 Å². The average Bonchev–Trinajstić information content (AvgIpc) is 2.44. The van der Waals surface area contributed by atoms with Crippen LogP contribution in [0.25, 0.3) is 11.4 Å². The molecule has 1 heterocycles. The summed E-state index contributed by atoms with van der Waals surface area (Å²) < 4.78 is 13.9. The van der Waals surface area contributed by atoms with Crippen molar-refractivity contribution in [2.75, 3.05) is 30.9 Å². The standard InChI is InChI=1S/C15H19FN4/c1-5-17-15-13(16)10(2)18-14(19-15)11-6-8-12(9-7-11)20(3)4/h6-9H,5H2,1-4H3,(H,17,18,19). The fourth-order valence-corrected chi connectivity index (χ4v) is 1.88. The van der Waals surface area contributed by atoms with Gasteiger partial charge in [-0.3, -0.25) is 0 Å². The molecule has 1 aromatic carbocycles. The molecule has 1 N–H and O–H groups in total. The second-order valence-electron chi connectivity index (χ2n) is 4.77. The molecule has 2 aromatic rings. The van der Waals surface area contributed by atoms with Gasteiger partial charge in [0, 0.05) is 31.9 Å². The van der Waals surface area contributed by atoms with Crippen LogP contribution in [0.4, 0.5) is 15.9 Å². The average molecular weight is 274 g/mol. The van der Waals surface area contributed by atoms with Crippen molar-refractivity contribution < 1.29 is 4.39 Å². The smallest absolute Gasteiger partial charge is 0.186 e. The van der Waals surface area contributed by atoms with Crippen molar-refractivity contribution >= 4 is 11.5 Å². The number of anilines is 2. The Hall–Kier alpha value is -2.17. The Morgan fingerprint density at radius 1 is 1.15 bits per heavy atom. The van der Waals surface area contributed by atoms with E-state index >= 15 is 0 Å². The Morgan fingerprint density at radius 2 is 1.80 bits per heavy atom. The number of nitrogens with zero attached hydrogens (tertiary/aromatic N) is 3. The van der Waals surface area contributed by atoms with Gasteiger partial charge in [-0.2, -0.15) is 0 Å². The molecule has 20 heavy (non-hydrogen) atoms. The fourth-order valence-electron chi connectivity index (χ4n) is 1.88. The maximum Gasteiger partial charge on any atom is 0.186 e. The van der Waals surface area contributed by atoms with Gasteiger partial charge in [0.2, 0.25) is 0 Å². The summed E-state index contributed by atoms with van der Waals surface area (Å²) in [5, 5.41) is 2.92. The van der Waals surface area contributed by atoms with E-state index in [1.807, 2.05) is 50.2 Å². The summed E-state index contributed by atoms with van der Waals surface area (Å²) in [6.45, 7) is 4.17. The van der Waals surface area contributed by atoms with Crippen LogP contribution in [0.15, 0.2) is 24.3 Å². The van der Waals surface area contributed by atoms with E-state index in [4.69, 9.17) is 0 Å². The quantitative estimate of drug-likeness (QED) is 0.930. The summed E-state index contributed by atoms with van der Waals surface area (Å²) in [5.74, 6) is 0.400. The van der Waals surface area contributed by atoms with E-state index in [-0.39, 0.29) is 11.6 Å². The molecular formula is C15H19FN4. The molecule has 0 aliphatic heterocycles. The van der Waals surface area contributed by atoms with Crippen LogP contribution in [0, 0.1) is 12.7 Å². The van der Waals surface area contributed by atoms with Crippen LogP contribution >= 0.6 is 0 Å². The normalized spacial score (nSPS) is 10.4. The second-order valence-corrected chi connectivity index (χ2v) is 4.77. The summed E-state index contributed by atoms with van der Waals surface area (Å²) in [6, 6.07) is 7.87. The van der Waals surface area contributed by atoms with Crippen LogP contribution in [0.5, 0.6) is 0 Å². The summed E-state index contributed by atoms with van der Waals surface area (Å²) in [6.07, 6.45) is 0. The van der Waals surface area contributed by atoms with Crippen molar-refractivity contribution in [3.63, 3.8) is 0 Å². The van der Waals surface area contributed by atoms with Gasteiger partial charge in [-0.15, -0.1) is 0 Å². The predicted molar refractivity (Wildman–Crippen MR) is 80.7 cm³/mol. The summed E-state index contributed by atoms with van der Waals surface area (Å²) in [4.78, 5) is 10.5. The monoisotopic (exact) mass is 274 g/mol. The molecule has 0 bridgehead atoms. The van der Waals surface area contributed by atoms with Gasteiger partial charge in [-0.25, -0.2) is 14.4 Å². The maximum atomic E-state index is 13.9. The predicted octanol–water partition coefficient (Wildman–Crippen LogP) is 3.09. The molecule has 106 valence electrons. The largest absolute Gasteiger partial charge is 0.378 e. The van der Waals surface area contributed by atoms with Gasteiger partial charge in [0.1, 0.15) is 0 Å². The molecule has 0 saturated carbocycles. The minimum absolute atomic E-state index is 0.256. The first-order valence-electron chi connectivity index (χ1n) is 6.58. The van der Waals surface area contributed by atoms with Gasteiger partial charge < -0.3 is 10.2 Å². The van der Waals surface area contributed by atoms with Crippen LogP contribution in [-0.4, -0.2) is 30.6 Å². The zero-order valence-electron chi connectivity index (χ0n) is 12.2. The van der Waals surface area contributed by atoms with Crippen molar-refractivity contribution in [1.82, 2.24) is 9.97 Å². The molecule has 2 rings (SSSR count). The molecule has 0 unspecified atom stereocenters. The van der Waals surface area contributed by atoms with Crippen LogP contribution in [-0.2, 0) is 0 Å². The van der Waals surface area contributed by atoms with Gasteiger partial charge in [0.05, 0.1) is 5.69 Å². The number of aromatic nitrogens is 2. The van der Waals surface area contributed by atoms with Crippen LogP contribution < -0.4 is 10.2 Å². The minimum atomic E-state index is -0.388. The lowest BCUT2D eigenvalue weighted by Crippen LogP contribution is -2.08. The molecule has 0 aliphatic rings. The Labute approximate surface area is 118 Å². The number of aryl methyl sites for hydroxylation is 1. The van der Waals surface area contributed by atoms with Gasteiger partial charge in [-0.1, -0.05) is 0 Å². The number of rotatable bonds is 4. The van der Waals surface area contributed by atoms with Gasteiger partial charge in [-0.05, 0) is 38.1 Å². The third-order valence-electron chi connectivity index (χ3n) is 3.00. The lowest BCUT2D eigenvalue weighted by Gasteiger charge is -2.13. The van der Waals surface area contributed by atoms with Crippen molar-refractivity contribution in [3.05, 3.63) is 35.8 Å². The lowest BCUT2D eigenvalue weighted by molar-refractivity contribution is 0.606. The van der Waals surface area contributed by atoms with E-state index in [0.29, 0.717) is 18.1 Å². The van der Waals surface area contributed by atoms with Crippen LogP contribution in [0.1, 0.15) is 12.6 Å². The first kappa shape index (κ1) is 14.2. The maximum absolute atomic E-state index is 13.9. The summed E-state index contributed by atoms with van der Waals surface area (Å²) in [5.41, 5.74) is 2.32. The topological polar surface area (TPSA) is 41.1 Å². The van der Waals surface area contributed by atoms with Gasteiger partial charge in [0.25, 0.3) is 0 Å². The number of hydrogen-bond donors (Lipinski definition) is 1. The SMILES string of the molecule is CCNc1nc(-c2ccc(N(C)C)cc2)nc(C)c1F. The second kappa shape index (κ2) is 5.86. The highest BCUT2D eigenvalue weighted by Gasteiger charge is 2.12. The molecule has 0 fully saturated rings. The molecule has 5 heteroatoms. The molecule has 1 aromatic heterocycles. The van der Waals surface area contributed by atoms with Crippen LogP contribution in [0.3, 0.4) is 0 Å². The third-order valence-corrected chi connectivity index (χ3v) is 3.00. The highest BCUT2D eigenvalue weighted by atomic mass is 19.1. The highest BCUT2D eigenvalue weighted by Crippen LogP contribution is 2.23. The molecule has 4 nitrogen and oxygen atoms in total. The molecule has 0 aliphatic carbocycles. The van der Waals surface area contributed by atoms with Crippen molar-refractivity contribution in [2.45, 2.75) is 13.8 Å². The van der Waals surface area contributed by atoms with Crippen molar-refractivity contribution in [2.24, 2.45) is 0 Å². The Kier molecular flexibility index (Phi) is 4.17. The van der Waals surface area contributed by atoms with Crippen molar-refractivity contribution in [1.29, 1.82) is 0 Å². The first-order chi connectivity index (χ1) is 9.52. The molecule has 0 amide bonds. The lowest BCUT2D eigenvalue weighted by atomic mass is 10.2. The minimum Gasteiger partial charge on any atom is -0.378 e. The van der Waals surface area contributed by atoms with E-state index in [1.54, 1.807) is 6.92 Å². The van der Waals surface area contributed by atoms with Crippen LogP contribution in [0.2, 0.25) is 0 Å². The highest BCUT2D eigenvalue weighted by molar-refractivity contribution is 5.62. The Morgan fingerprint density at radius 3 is 2.35 bits per heavy atom. The zero-order chi connectivity index (χ0) is 14.7. The fraction of sp³-hybridized carbons (Fsp3) is 0.333.